The van der Waals surface area contributed by atoms with Crippen LogP contribution in [0, 0.1) is 11.8 Å². The van der Waals surface area contributed by atoms with Crippen LogP contribution in [0.5, 0.6) is 0 Å². The molecule has 2 fully saturated rings. The van der Waals surface area contributed by atoms with Gasteiger partial charge in [0.15, 0.2) is 5.96 Å². The molecule has 0 radical (unpaired) electrons. The van der Waals surface area contributed by atoms with Crippen LogP contribution >= 0.6 is 24.0 Å². The van der Waals surface area contributed by atoms with E-state index in [1.54, 1.807) is 6.07 Å². The van der Waals surface area contributed by atoms with Gasteiger partial charge in [0.25, 0.3) is 5.91 Å². The highest BCUT2D eigenvalue weighted by atomic mass is 127. The van der Waals surface area contributed by atoms with E-state index in [1.807, 2.05) is 11.8 Å². The van der Waals surface area contributed by atoms with Gasteiger partial charge in [-0.25, -0.2) is 4.99 Å². The third-order valence-electron chi connectivity index (χ3n) is 5.16. The second-order valence-electron chi connectivity index (χ2n) is 7.36. The number of benzene rings is 1. The van der Waals surface area contributed by atoms with Gasteiger partial charge in [-0.3, -0.25) is 4.79 Å². The van der Waals surface area contributed by atoms with E-state index in [0.29, 0.717) is 50.9 Å². The summed E-state index contributed by atoms with van der Waals surface area (Å²) in [5.41, 5.74) is -0.414. The number of piperazine rings is 1. The van der Waals surface area contributed by atoms with Crippen molar-refractivity contribution in [2.75, 3.05) is 45.9 Å². The predicted molar refractivity (Wildman–Crippen MR) is 127 cm³/mol. The van der Waals surface area contributed by atoms with Crippen LogP contribution in [0.4, 0.5) is 13.2 Å². The average molecular weight is 564 g/mol. The first-order valence-corrected chi connectivity index (χ1v) is 10.5. The summed E-state index contributed by atoms with van der Waals surface area (Å²) in [6.07, 6.45) is -2.98. The van der Waals surface area contributed by atoms with E-state index in [2.05, 4.69) is 27.0 Å². The third kappa shape index (κ3) is 7.27. The standard InChI is InChI=1S/C22H27F3N4O2.HI/c1-2-26-21(27-10-4-7-17-6-3-8-18(16-17)22(23,24)25)29-13-11-28(12-14-29)20(30)19-9-5-15-31-19;/h3,6,8,16,19H,2,5,9-15H2,1H3,(H,26,27);1H. The fourth-order valence-corrected chi connectivity index (χ4v) is 3.57. The molecule has 10 heteroatoms. The average Bonchev–Trinajstić information content (AvgIpc) is 3.30. The van der Waals surface area contributed by atoms with Crippen molar-refractivity contribution in [2.24, 2.45) is 4.99 Å². The van der Waals surface area contributed by atoms with Crippen LogP contribution in [0.2, 0.25) is 0 Å². The SMILES string of the molecule is CCNC(=NCC#Cc1cccc(C(F)(F)F)c1)N1CCN(C(=O)C2CCCO2)CC1.I. The number of amides is 1. The molecule has 2 aliphatic rings. The van der Waals surface area contributed by atoms with Crippen LogP contribution in [0.1, 0.15) is 30.9 Å². The summed E-state index contributed by atoms with van der Waals surface area (Å²) in [4.78, 5) is 20.9. The summed E-state index contributed by atoms with van der Waals surface area (Å²) < 4.78 is 43.9. The van der Waals surface area contributed by atoms with Crippen molar-refractivity contribution in [3.63, 3.8) is 0 Å². The zero-order valence-corrected chi connectivity index (χ0v) is 20.3. The van der Waals surface area contributed by atoms with Crippen LogP contribution in [0.25, 0.3) is 0 Å². The van der Waals surface area contributed by atoms with Gasteiger partial charge < -0.3 is 19.9 Å². The number of nitrogens with one attached hydrogen (secondary N) is 1. The molecule has 0 aromatic heterocycles. The van der Waals surface area contributed by atoms with E-state index >= 15 is 0 Å². The van der Waals surface area contributed by atoms with Crippen molar-refractivity contribution < 1.29 is 22.7 Å². The quantitative estimate of drug-likeness (QED) is 0.266. The van der Waals surface area contributed by atoms with Crippen molar-refractivity contribution in [2.45, 2.75) is 32.0 Å². The summed E-state index contributed by atoms with van der Waals surface area (Å²) in [6.45, 7) is 5.92. The van der Waals surface area contributed by atoms with Crippen LogP contribution in [0.3, 0.4) is 0 Å². The Hall–Kier alpha value is -2.00. The number of nitrogens with zero attached hydrogens (tertiary/aromatic N) is 3. The summed E-state index contributed by atoms with van der Waals surface area (Å²) in [6, 6.07) is 4.95. The molecule has 0 aliphatic carbocycles. The molecule has 3 rings (SSSR count). The van der Waals surface area contributed by atoms with Gasteiger partial charge in [-0.2, -0.15) is 13.2 Å². The minimum Gasteiger partial charge on any atom is -0.368 e. The van der Waals surface area contributed by atoms with Gasteiger partial charge in [-0.1, -0.05) is 17.9 Å². The lowest BCUT2D eigenvalue weighted by Crippen LogP contribution is -2.55. The molecule has 6 nitrogen and oxygen atoms in total. The van der Waals surface area contributed by atoms with Crippen LogP contribution in [0.15, 0.2) is 29.3 Å². The summed E-state index contributed by atoms with van der Waals surface area (Å²) in [5.74, 6) is 6.31. The Labute approximate surface area is 203 Å². The Morgan fingerprint density at radius 3 is 2.59 bits per heavy atom. The lowest BCUT2D eigenvalue weighted by molar-refractivity contribution is -0.142. The molecule has 1 atom stereocenters. The van der Waals surface area contributed by atoms with Crippen molar-refractivity contribution in [3.05, 3.63) is 35.4 Å². The number of carbonyl (C=O) groups is 1. The van der Waals surface area contributed by atoms with Crippen molar-refractivity contribution >= 4 is 35.8 Å². The molecule has 1 amide bonds. The molecule has 176 valence electrons. The van der Waals surface area contributed by atoms with Crippen LogP contribution in [-0.2, 0) is 15.7 Å². The number of alkyl halides is 3. The maximum atomic E-state index is 12.8. The van der Waals surface area contributed by atoms with E-state index in [1.165, 1.54) is 6.07 Å². The molecule has 2 aliphatic heterocycles. The predicted octanol–water partition coefficient (Wildman–Crippen LogP) is 2.96. The van der Waals surface area contributed by atoms with Crippen LogP contribution in [-0.4, -0.2) is 73.6 Å². The first-order valence-electron chi connectivity index (χ1n) is 10.5. The summed E-state index contributed by atoms with van der Waals surface area (Å²) >= 11 is 0. The van der Waals surface area contributed by atoms with E-state index in [4.69, 9.17) is 4.74 Å². The molecule has 1 aromatic rings. The summed E-state index contributed by atoms with van der Waals surface area (Å²) in [7, 11) is 0. The van der Waals surface area contributed by atoms with E-state index < -0.39 is 11.7 Å². The number of hydrogen-bond acceptors (Lipinski definition) is 3. The first-order chi connectivity index (χ1) is 14.9. The lowest BCUT2D eigenvalue weighted by Gasteiger charge is -2.37. The highest BCUT2D eigenvalue weighted by Crippen LogP contribution is 2.29. The second kappa shape index (κ2) is 12.3. The van der Waals surface area contributed by atoms with Gasteiger partial charge in [-0.15, -0.1) is 24.0 Å². The van der Waals surface area contributed by atoms with E-state index in [0.717, 1.165) is 25.0 Å². The maximum absolute atomic E-state index is 12.8. The third-order valence-corrected chi connectivity index (χ3v) is 5.16. The van der Waals surface area contributed by atoms with Crippen molar-refractivity contribution in [3.8, 4) is 11.8 Å². The lowest BCUT2D eigenvalue weighted by atomic mass is 10.1. The Morgan fingerprint density at radius 1 is 1.25 bits per heavy atom. The Bertz CT molecular complexity index is 853. The molecular weight excluding hydrogens is 536 g/mol. The minimum atomic E-state index is -4.39. The summed E-state index contributed by atoms with van der Waals surface area (Å²) in [5, 5.41) is 3.21. The molecule has 0 bridgehead atoms. The van der Waals surface area contributed by atoms with Gasteiger partial charge >= 0.3 is 6.18 Å². The Balaban J connectivity index is 0.00000363. The highest BCUT2D eigenvalue weighted by molar-refractivity contribution is 14.0. The van der Waals surface area contributed by atoms with Gasteiger partial charge in [-0.05, 0) is 38.0 Å². The van der Waals surface area contributed by atoms with Crippen LogP contribution < -0.4 is 5.32 Å². The highest BCUT2D eigenvalue weighted by Gasteiger charge is 2.31. The fourth-order valence-electron chi connectivity index (χ4n) is 3.57. The minimum absolute atomic E-state index is 0. The largest absolute Gasteiger partial charge is 0.416 e. The molecule has 1 aromatic carbocycles. The van der Waals surface area contributed by atoms with Gasteiger partial charge in [0.05, 0.1) is 5.56 Å². The zero-order valence-electron chi connectivity index (χ0n) is 18.0. The van der Waals surface area contributed by atoms with Crippen molar-refractivity contribution in [1.29, 1.82) is 0 Å². The molecule has 0 saturated carbocycles. The van der Waals surface area contributed by atoms with Gasteiger partial charge in [0.1, 0.15) is 12.6 Å². The molecule has 1 N–H and O–H groups in total. The smallest absolute Gasteiger partial charge is 0.368 e. The zero-order chi connectivity index (χ0) is 22.3. The second-order valence-corrected chi connectivity index (χ2v) is 7.36. The Morgan fingerprint density at radius 2 is 1.97 bits per heavy atom. The number of halogens is 4. The molecule has 32 heavy (non-hydrogen) atoms. The van der Waals surface area contributed by atoms with Gasteiger partial charge in [0, 0.05) is 44.9 Å². The van der Waals surface area contributed by atoms with E-state index in [-0.39, 0.29) is 42.5 Å². The topological polar surface area (TPSA) is 57.2 Å². The molecule has 2 saturated heterocycles. The molecule has 1 unspecified atom stereocenters. The maximum Gasteiger partial charge on any atom is 0.416 e. The molecule has 2 heterocycles. The Kier molecular flexibility index (Phi) is 10.1. The number of hydrogen-bond donors (Lipinski definition) is 1. The number of rotatable bonds is 3. The normalized spacial score (nSPS) is 19.1. The molecule has 0 spiro atoms. The monoisotopic (exact) mass is 564 g/mol. The van der Waals surface area contributed by atoms with Gasteiger partial charge in [0.2, 0.25) is 0 Å². The number of guanidine groups is 1. The molecular formula is C22H28F3IN4O2. The first kappa shape index (κ1) is 26.3. The fraction of sp³-hybridized carbons (Fsp3) is 0.545. The number of ether oxygens (including phenoxy) is 1. The number of carbonyl (C=O) groups excluding carboxylic acids is 1. The van der Waals surface area contributed by atoms with E-state index in [9.17, 15) is 18.0 Å². The number of aliphatic imine (C=N–C) groups is 1. The van der Waals surface area contributed by atoms with Crippen molar-refractivity contribution in [1.82, 2.24) is 15.1 Å².